The van der Waals surface area contributed by atoms with Crippen LogP contribution in [-0.4, -0.2) is 37.0 Å². The lowest BCUT2D eigenvalue weighted by molar-refractivity contribution is -0.146. The molecule has 1 atom stereocenters. The van der Waals surface area contributed by atoms with Crippen molar-refractivity contribution < 1.29 is 4.79 Å². The van der Waals surface area contributed by atoms with E-state index in [0.29, 0.717) is 11.3 Å². The van der Waals surface area contributed by atoms with Crippen LogP contribution < -0.4 is 5.32 Å². The van der Waals surface area contributed by atoms with Crippen molar-refractivity contribution in [3.05, 3.63) is 0 Å². The monoisotopic (exact) mass is 252 g/mol. The highest BCUT2D eigenvalue weighted by molar-refractivity contribution is 5.83. The SMILES string of the molecule is CCC1(C(=O)N2CCCC(C)(C)C2)CCCNC1. The second-order valence-corrected chi connectivity index (χ2v) is 6.91. The van der Waals surface area contributed by atoms with Crippen LogP contribution >= 0.6 is 0 Å². The van der Waals surface area contributed by atoms with E-state index >= 15 is 0 Å². The van der Waals surface area contributed by atoms with Crippen molar-refractivity contribution in [1.82, 2.24) is 10.2 Å². The van der Waals surface area contributed by atoms with Gasteiger partial charge in [0.15, 0.2) is 0 Å². The van der Waals surface area contributed by atoms with E-state index in [9.17, 15) is 4.79 Å². The minimum Gasteiger partial charge on any atom is -0.342 e. The van der Waals surface area contributed by atoms with Crippen LogP contribution in [0.1, 0.15) is 52.9 Å². The predicted octanol–water partition coefficient (Wildman–Crippen LogP) is 2.41. The maximum absolute atomic E-state index is 12.9. The molecular formula is C15H28N2O. The molecule has 104 valence electrons. The Bertz CT molecular complexity index is 306. The summed E-state index contributed by atoms with van der Waals surface area (Å²) in [5.74, 6) is 0.407. The first-order valence-electron chi connectivity index (χ1n) is 7.49. The molecule has 1 amide bonds. The third-order valence-corrected chi connectivity index (χ3v) is 4.79. The van der Waals surface area contributed by atoms with Crippen LogP contribution in [0.5, 0.6) is 0 Å². The Morgan fingerprint density at radius 1 is 1.28 bits per heavy atom. The number of carbonyl (C=O) groups is 1. The predicted molar refractivity (Wildman–Crippen MR) is 74.4 cm³/mol. The second kappa shape index (κ2) is 5.20. The summed E-state index contributed by atoms with van der Waals surface area (Å²) in [6, 6.07) is 0. The van der Waals surface area contributed by atoms with Gasteiger partial charge < -0.3 is 10.2 Å². The van der Waals surface area contributed by atoms with Gasteiger partial charge >= 0.3 is 0 Å². The Hall–Kier alpha value is -0.570. The highest BCUT2D eigenvalue weighted by Crippen LogP contribution is 2.36. The van der Waals surface area contributed by atoms with Crippen molar-refractivity contribution in [3.8, 4) is 0 Å². The van der Waals surface area contributed by atoms with Gasteiger partial charge in [-0.2, -0.15) is 0 Å². The summed E-state index contributed by atoms with van der Waals surface area (Å²) in [4.78, 5) is 15.0. The van der Waals surface area contributed by atoms with Gasteiger partial charge in [-0.05, 0) is 44.1 Å². The number of nitrogens with zero attached hydrogens (tertiary/aromatic N) is 1. The molecule has 1 N–H and O–H groups in total. The highest BCUT2D eigenvalue weighted by Gasteiger charge is 2.42. The fourth-order valence-electron chi connectivity index (χ4n) is 3.54. The standard InChI is InChI=1S/C15H28N2O/c1-4-15(8-5-9-16-11-15)13(18)17-10-6-7-14(2,3)12-17/h16H,4-12H2,1-3H3. The van der Waals surface area contributed by atoms with Crippen LogP contribution in [0.15, 0.2) is 0 Å². The lowest BCUT2D eigenvalue weighted by atomic mass is 9.75. The molecule has 0 spiro atoms. The Balaban J connectivity index is 2.09. The van der Waals surface area contributed by atoms with Crippen molar-refractivity contribution in [3.63, 3.8) is 0 Å². The van der Waals surface area contributed by atoms with Gasteiger partial charge in [-0.3, -0.25) is 4.79 Å². The Morgan fingerprint density at radius 2 is 2.06 bits per heavy atom. The summed E-state index contributed by atoms with van der Waals surface area (Å²) in [5, 5.41) is 3.42. The highest BCUT2D eigenvalue weighted by atomic mass is 16.2. The van der Waals surface area contributed by atoms with E-state index in [-0.39, 0.29) is 5.41 Å². The van der Waals surface area contributed by atoms with Crippen molar-refractivity contribution in [2.75, 3.05) is 26.2 Å². The molecule has 0 aliphatic carbocycles. The number of rotatable bonds is 2. The molecule has 3 heteroatoms. The molecule has 2 saturated heterocycles. The number of hydrogen-bond acceptors (Lipinski definition) is 2. The van der Waals surface area contributed by atoms with Gasteiger partial charge in [-0.15, -0.1) is 0 Å². The maximum atomic E-state index is 12.9. The van der Waals surface area contributed by atoms with Gasteiger partial charge in [0.25, 0.3) is 0 Å². The summed E-state index contributed by atoms with van der Waals surface area (Å²) in [5.41, 5.74) is 0.177. The molecule has 0 aromatic rings. The molecule has 2 rings (SSSR count). The molecule has 2 aliphatic rings. The molecule has 0 bridgehead atoms. The normalized spacial score (nSPS) is 32.3. The van der Waals surface area contributed by atoms with Crippen LogP contribution in [0.3, 0.4) is 0 Å². The number of amides is 1. The Kier molecular flexibility index (Phi) is 4.00. The van der Waals surface area contributed by atoms with Crippen LogP contribution in [0.4, 0.5) is 0 Å². The smallest absolute Gasteiger partial charge is 0.230 e. The van der Waals surface area contributed by atoms with E-state index in [1.165, 1.54) is 6.42 Å². The number of nitrogens with one attached hydrogen (secondary N) is 1. The first-order chi connectivity index (χ1) is 8.49. The van der Waals surface area contributed by atoms with Crippen LogP contribution in [0, 0.1) is 10.8 Å². The minimum atomic E-state index is -0.119. The van der Waals surface area contributed by atoms with Crippen LogP contribution in [0.2, 0.25) is 0 Å². The third-order valence-electron chi connectivity index (χ3n) is 4.79. The summed E-state index contributed by atoms with van der Waals surface area (Å²) in [6.07, 6.45) is 5.57. The molecule has 0 aromatic carbocycles. The molecule has 3 nitrogen and oxygen atoms in total. The van der Waals surface area contributed by atoms with E-state index in [4.69, 9.17) is 0 Å². The van der Waals surface area contributed by atoms with Crippen LogP contribution in [-0.2, 0) is 4.79 Å². The fraction of sp³-hybridized carbons (Fsp3) is 0.933. The van der Waals surface area contributed by atoms with Crippen LogP contribution in [0.25, 0.3) is 0 Å². The zero-order valence-corrected chi connectivity index (χ0v) is 12.2. The first-order valence-corrected chi connectivity index (χ1v) is 7.49. The topological polar surface area (TPSA) is 32.3 Å². The lowest BCUT2D eigenvalue weighted by Gasteiger charge is -2.44. The van der Waals surface area contributed by atoms with Crippen molar-refractivity contribution in [2.45, 2.75) is 52.9 Å². The number of hydrogen-bond donors (Lipinski definition) is 1. The van der Waals surface area contributed by atoms with Gasteiger partial charge in [-0.1, -0.05) is 20.8 Å². The Labute approximate surface area is 111 Å². The maximum Gasteiger partial charge on any atom is 0.230 e. The van der Waals surface area contributed by atoms with Crippen molar-refractivity contribution >= 4 is 5.91 Å². The van der Waals surface area contributed by atoms with Gasteiger partial charge in [0.05, 0.1) is 5.41 Å². The zero-order chi connectivity index (χ0) is 13.2. The largest absolute Gasteiger partial charge is 0.342 e. The van der Waals surface area contributed by atoms with Gasteiger partial charge in [0.2, 0.25) is 5.91 Å². The summed E-state index contributed by atoms with van der Waals surface area (Å²) < 4.78 is 0. The molecular weight excluding hydrogens is 224 g/mol. The second-order valence-electron chi connectivity index (χ2n) is 6.91. The van der Waals surface area contributed by atoms with E-state index in [0.717, 1.165) is 51.9 Å². The van der Waals surface area contributed by atoms with E-state index in [1.54, 1.807) is 0 Å². The van der Waals surface area contributed by atoms with Gasteiger partial charge in [0.1, 0.15) is 0 Å². The number of piperidine rings is 2. The number of carbonyl (C=O) groups excluding carboxylic acids is 1. The van der Waals surface area contributed by atoms with Gasteiger partial charge in [0, 0.05) is 19.6 Å². The summed E-state index contributed by atoms with van der Waals surface area (Å²) >= 11 is 0. The molecule has 18 heavy (non-hydrogen) atoms. The average molecular weight is 252 g/mol. The zero-order valence-electron chi connectivity index (χ0n) is 12.2. The quantitative estimate of drug-likeness (QED) is 0.818. The molecule has 2 fully saturated rings. The number of likely N-dealkylation sites (tertiary alicyclic amines) is 1. The summed E-state index contributed by atoms with van der Waals surface area (Å²) in [6.45, 7) is 10.6. The molecule has 1 unspecified atom stereocenters. The van der Waals surface area contributed by atoms with Crippen molar-refractivity contribution in [1.29, 1.82) is 0 Å². The average Bonchev–Trinajstić information content (AvgIpc) is 2.37. The van der Waals surface area contributed by atoms with E-state index < -0.39 is 0 Å². The molecule has 0 saturated carbocycles. The lowest BCUT2D eigenvalue weighted by Crippen LogP contribution is -2.54. The first kappa shape index (κ1) is 13.9. The van der Waals surface area contributed by atoms with Crippen molar-refractivity contribution in [2.24, 2.45) is 10.8 Å². The minimum absolute atomic E-state index is 0.119. The Morgan fingerprint density at radius 3 is 2.61 bits per heavy atom. The molecule has 2 heterocycles. The van der Waals surface area contributed by atoms with E-state index in [2.05, 4.69) is 31.0 Å². The molecule has 2 aliphatic heterocycles. The van der Waals surface area contributed by atoms with Gasteiger partial charge in [-0.25, -0.2) is 0 Å². The molecule has 0 aromatic heterocycles. The van der Waals surface area contributed by atoms with E-state index in [1.807, 2.05) is 0 Å². The molecule has 0 radical (unpaired) electrons. The summed E-state index contributed by atoms with van der Waals surface area (Å²) in [7, 11) is 0. The third kappa shape index (κ3) is 2.71. The fourth-order valence-corrected chi connectivity index (χ4v) is 3.54.